The predicted molar refractivity (Wildman–Crippen MR) is 138 cm³/mol. The van der Waals surface area contributed by atoms with Gasteiger partial charge in [0.05, 0.1) is 26.9 Å². The van der Waals surface area contributed by atoms with Gasteiger partial charge in [0.1, 0.15) is 6.61 Å². The van der Waals surface area contributed by atoms with Crippen LogP contribution in [-0.4, -0.2) is 58.5 Å². The molecule has 0 fully saturated rings. The number of rotatable bonds is 13. The maximum atomic E-state index is 6.20. The SMILES string of the molecule is CCN(CC)CCOc1cc2c(cc1OC)CCNC2c1ccc(OCCC(C)C)c(OC)c1. The molecule has 1 heterocycles. The maximum Gasteiger partial charge on any atom is 0.161 e. The summed E-state index contributed by atoms with van der Waals surface area (Å²) in [6, 6.07) is 10.6. The minimum Gasteiger partial charge on any atom is -0.493 e. The van der Waals surface area contributed by atoms with E-state index in [1.54, 1.807) is 14.2 Å². The summed E-state index contributed by atoms with van der Waals surface area (Å²) in [6.45, 7) is 13.9. The zero-order valence-electron chi connectivity index (χ0n) is 21.8. The number of ether oxygens (including phenoxy) is 4. The van der Waals surface area contributed by atoms with Crippen LogP contribution in [0.3, 0.4) is 0 Å². The van der Waals surface area contributed by atoms with Gasteiger partial charge in [-0.2, -0.15) is 0 Å². The number of methoxy groups -OCH3 is 2. The highest BCUT2D eigenvalue weighted by atomic mass is 16.5. The van der Waals surface area contributed by atoms with Gasteiger partial charge < -0.3 is 29.2 Å². The smallest absolute Gasteiger partial charge is 0.161 e. The molecule has 0 bridgehead atoms. The molecular weight excluding hydrogens is 428 g/mol. The quantitative estimate of drug-likeness (QED) is 0.440. The van der Waals surface area contributed by atoms with Crippen molar-refractivity contribution in [3.05, 3.63) is 47.0 Å². The highest BCUT2D eigenvalue weighted by Crippen LogP contribution is 2.39. The van der Waals surface area contributed by atoms with Gasteiger partial charge in [0.15, 0.2) is 23.0 Å². The lowest BCUT2D eigenvalue weighted by Gasteiger charge is -2.29. The fourth-order valence-corrected chi connectivity index (χ4v) is 4.35. The van der Waals surface area contributed by atoms with Crippen molar-refractivity contribution in [3.63, 3.8) is 0 Å². The lowest BCUT2D eigenvalue weighted by molar-refractivity contribution is 0.217. The Morgan fingerprint density at radius 2 is 1.62 bits per heavy atom. The molecule has 1 unspecified atom stereocenters. The van der Waals surface area contributed by atoms with Crippen LogP contribution in [0, 0.1) is 5.92 Å². The average Bonchev–Trinajstić information content (AvgIpc) is 2.85. The van der Waals surface area contributed by atoms with Gasteiger partial charge in [0, 0.05) is 13.1 Å². The van der Waals surface area contributed by atoms with Gasteiger partial charge in [-0.25, -0.2) is 0 Å². The third-order valence-electron chi connectivity index (χ3n) is 6.51. The Bertz CT molecular complexity index is 912. The van der Waals surface area contributed by atoms with E-state index in [2.05, 4.69) is 62.2 Å². The summed E-state index contributed by atoms with van der Waals surface area (Å²) in [5.41, 5.74) is 3.65. The van der Waals surface area contributed by atoms with E-state index in [0.717, 1.165) is 67.6 Å². The Morgan fingerprint density at radius 1 is 0.912 bits per heavy atom. The van der Waals surface area contributed by atoms with Gasteiger partial charge in [-0.15, -0.1) is 0 Å². The van der Waals surface area contributed by atoms with Crippen LogP contribution in [0.1, 0.15) is 56.8 Å². The van der Waals surface area contributed by atoms with Crippen LogP contribution in [0.25, 0.3) is 0 Å². The van der Waals surface area contributed by atoms with Gasteiger partial charge >= 0.3 is 0 Å². The largest absolute Gasteiger partial charge is 0.493 e. The first-order chi connectivity index (χ1) is 16.5. The van der Waals surface area contributed by atoms with Crippen molar-refractivity contribution in [1.82, 2.24) is 10.2 Å². The molecule has 6 nitrogen and oxygen atoms in total. The van der Waals surface area contributed by atoms with E-state index in [0.29, 0.717) is 19.1 Å². The number of hydrogen-bond acceptors (Lipinski definition) is 6. The molecular formula is C28H42N2O4. The summed E-state index contributed by atoms with van der Waals surface area (Å²) in [4.78, 5) is 2.35. The molecule has 1 aliphatic heterocycles. The molecule has 2 aromatic rings. The Hall–Kier alpha value is -2.44. The third-order valence-corrected chi connectivity index (χ3v) is 6.51. The van der Waals surface area contributed by atoms with E-state index >= 15 is 0 Å². The normalized spacial score (nSPS) is 15.4. The first-order valence-electron chi connectivity index (χ1n) is 12.6. The first kappa shape index (κ1) is 26.2. The molecule has 0 spiro atoms. The number of fused-ring (bicyclic) bond motifs is 1. The van der Waals surface area contributed by atoms with Gasteiger partial charge in [-0.1, -0.05) is 33.8 Å². The zero-order valence-corrected chi connectivity index (χ0v) is 21.8. The van der Waals surface area contributed by atoms with Gasteiger partial charge in [0.25, 0.3) is 0 Å². The molecule has 0 aromatic heterocycles. The molecule has 3 rings (SSSR count). The second kappa shape index (κ2) is 12.9. The van der Waals surface area contributed by atoms with Crippen LogP contribution >= 0.6 is 0 Å². The molecule has 2 aromatic carbocycles. The van der Waals surface area contributed by atoms with Crippen LogP contribution in [-0.2, 0) is 6.42 Å². The molecule has 6 heteroatoms. The first-order valence-corrected chi connectivity index (χ1v) is 12.6. The van der Waals surface area contributed by atoms with E-state index in [1.165, 1.54) is 11.1 Å². The van der Waals surface area contributed by atoms with Crippen LogP contribution in [0.15, 0.2) is 30.3 Å². The lowest BCUT2D eigenvalue weighted by Crippen LogP contribution is -2.31. The van der Waals surface area contributed by atoms with Gasteiger partial charge in [-0.3, -0.25) is 0 Å². The molecule has 0 amide bonds. The van der Waals surface area contributed by atoms with E-state index in [-0.39, 0.29) is 6.04 Å². The molecule has 188 valence electrons. The second-order valence-corrected chi connectivity index (χ2v) is 9.16. The zero-order chi connectivity index (χ0) is 24.5. The van der Waals surface area contributed by atoms with Crippen molar-refractivity contribution in [2.24, 2.45) is 5.92 Å². The third kappa shape index (κ3) is 6.57. The molecule has 0 saturated carbocycles. The number of nitrogens with zero attached hydrogens (tertiary/aromatic N) is 1. The summed E-state index contributed by atoms with van der Waals surface area (Å²) in [5, 5.41) is 3.68. The summed E-state index contributed by atoms with van der Waals surface area (Å²) >= 11 is 0. The number of benzene rings is 2. The fourth-order valence-electron chi connectivity index (χ4n) is 4.35. The average molecular weight is 471 g/mol. The second-order valence-electron chi connectivity index (χ2n) is 9.16. The van der Waals surface area contributed by atoms with Crippen LogP contribution in [0.5, 0.6) is 23.0 Å². The van der Waals surface area contributed by atoms with Crippen molar-refractivity contribution in [2.75, 3.05) is 53.6 Å². The van der Waals surface area contributed by atoms with Crippen molar-refractivity contribution in [1.29, 1.82) is 0 Å². The fraction of sp³-hybridized carbons (Fsp3) is 0.571. The summed E-state index contributed by atoms with van der Waals surface area (Å²) in [6.07, 6.45) is 1.97. The Morgan fingerprint density at radius 3 is 2.29 bits per heavy atom. The highest BCUT2D eigenvalue weighted by molar-refractivity contribution is 5.53. The van der Waals surface area contributed by atoms with E-state index < -0.39 is 0 Å². The minimum atomic E-state index is 0.0541. The summed E-state index contributed by atoms with van der Waals surface area (Å²) < 4.78 is 23.5. The molecule has 1 N–H and O–H groups in total. The van der Waals surface area contributed by atoms with Crippen LogP contribution < -0.4 is 24.3 Å². The van der Waals surface area contributed by atoms with Gasteiger partial charge in [0.2, 0.25) is 0 Å². The van der Waals surface area contributed by atoms with Crippen molar-refractivity contribution < 1.29 is 18.9 Å². The summed E-state index contributed by atoms with van der Waals surface area (Å²) in [7, 11) is 3.41. The molecule has 0 saturated heterocycles. The van der Waals surface area contributed by atoms with Gasteiger partial charge in [-0.05, 0) is 72.8 Å². The molecule has 34 heavy (non-hydrogen) atoms. The van der Waals surface area contributed by atoms with Crippen LogP contribution in [0.2, 0.25) is 0 Å². The van der Waals surface area contributed by atoms with Crippen LogP contribution in [0.4, 0.5) is 0 Å². The minimum absolute atomic E-state index is 0.0541. The number of nitrogens with one attached hydrogen (secondary N) is 1. The topological polar surface area (TPSA) is 52.2 Å². The van der Waals surface area contributed by atoms with Crippen molar-refractivity contribution >= 4 is 0 Å². The highest BCUT2D eigenvalue weighted by Gasteiger charge is 2.25. The maximum absolute atomic E-state index is 6.20. The number of likely N-dealkylation sites (N-methyl/N-ethyl adjacent to an activating group) is 1. The predicted octanol–water partition coefficient (Wildman–Crippen LogP) is 5.08. The van der Waals surface area contributed by atoms with E-state index in [4.69, 9.17) is 18.9 Å². The summed E-state index contributed by atoms with van der Waals surface area (Å²) in [5.74, 6) is 3.75. The molecule has 1 aliphatic rings. The van der Waals surface area contributed by atoms with E-state index in [9.17, 15) is 0 Å². The van der Waals surface area contributed by atoms with Crippen molar-refractivity contribution in [3.8, 4) is 23.0 Å². The number of hydrogen-bond donors (Lipinski definition) is 1. The standard InChI is InChI=1S/C28H42N2O4/c1-7-30(8-2)14-16-34-27-19-23-21(17-26(27)32-6)11-13-29-28(23)22-9-10-24(25(18-22)31-5)33-15-12-20(3)4/h9-10,17-20,28-29H,7-8,11-16H2,1-6H3. The van der Waals surface area contributed by atoms with E-state index in [1.807, 2.05) is 6.07 Å². The lowest BCUT2D eigenvalue weighted by atomic mass is 9.89. The Kier molecular flexibility index (Phi) is 9.90. The van der Waals surface area contributed by atoms with Crippen molar-refractivity contribution in [2.45, 2.75) is 46.6 Å². The monoisotopic (exact) mass is 470 g/mol. The molecule has 0 aliphatic carbocycles. The Balaban J connectivity index is 1.84. The molecule has 0 radical (unpaired) electrons. The Labute approximate surface area is 205 Å². The molecule has 1 atom stereocenters.